The van der Waals surface area contributed by atoms with Crippen LogP contribution in [0.15, 0.2) is 12.2 Å². The van der Waals surface area contributed by atoms with Gasteiger partial charge in [-0.15, -0.1) is 0 Å². The maximum Gasteiger partial charge on any atom is 0.306 e. The molecule has 0 bridgehead atoms. The van der Waals surface area contributed by atoms with Gasteiger partial charge >= 0.3 is 5.97 Å². The third-order valence-corrected chi connectivity index (χ3v) is 7.41. The molecule has 1 rings (SSSR count). The van der Waals surface area contributed by atoms with Crippen LogP contribution >= 0.6 is 0 Å². The smallest absolute Gasteiger partial charge is 0.306 e. The number of esters is 1. The van der Waals surface area contributed by atoms with E-state index < -0.39 is 48.4 Å². The number of aliphatic hydroxyl groups excluding tert-OH is 3. The van der Waals surface area contributed by atoms with Gasteiger partial charge in [-0.05, 0) is 25.2 Å². The number of ether oxygens (including phenoxy) is 2. The quantitative estimate of drug-likeness (QED) is 0.0782. The lowest BCUT2D eigenvalue weighted by atomic mass is 10.00. The van der Waals surface area contributed by atoms with Crippen LogP contribution in [0.4, 0.5) is 0 Å². The van der Waals surface area contributed by atoms with Crippen LogP contribution in [0.2, 0.25) is 0 Å². The molecule has 2 amide bonds. The number of nitrogens with one attached hydrogen (secondary N) is 2. The molecule has 6 atom stereocenters. The minimum absolute atomic E-state index is 0.122. The van der Waals surface area contributed by atoms with Crippen molar-refractivity contribution in [2.45, 2.75) is 147 Å². The van der Waals surface area contributed by atoms with Crippen LogP contribution in [0, 0.1) is 5.92 Å². The molecule has 0 spiro atoms. The number of aliphatic hydroxyl groups is 3. The van der Waals surface area contributed by atoms with E-state index in [2.05, 4.69) is 17.6 Å². The minimum Gasteiger partial charge on any atom is -0.460 e. The van der Waals surface area contributed by atoms with Gasteiger partial charge in [-0.25, -0.2) is 0 Å². The predicted molar refractivity (Wildman–Crippen MR) is 158 cm³/mol. The molecule has 0 aliphatic carbocycles. The summed E-state index contributed by atoms with van der Waals surface area (Å²) >= 11 is 0. The number of hydrogen-bond donors (Lipinski definition) is 5. The van der Waals surface area contributed by atoms with Crippen LogP contribution in [0.5, 0.6) is 0 Å². The summed E-state index contributed by atoms with van der Waals surface area (Å²) in [4.78, 5) is 37.7. The zero-order valence-corrected chi connectivity index (χ0v) is 25.7. The van der Waals surface area contributed by atoms with Crippen LogP contribution in [0.3, 0.4) is 0 Å². The molecule has 1 unspecified atom stereocenters. The van der Waals surface area contributed by atoms with E-state index >= 15 is 0 Å². The van der Waals surface area contributed by atoms with Crippen molar-refractivity contribution >= 4 is 17.8 Å². The summed E-state index contributed by atoms with van der Waals surface area (Å²) in [6, 6.07) is -0.925. The maximum atomic E-state index is 12.8. The Balaban J connectivity index is 2.39. The number of unbranched alkanes of at least 4 members (excludes halogenated alkanes) is 10. The van der Waals surface area contributed by atoms with E-state index in [1.807, 2.05) is 13.8 Å². The molecule has 41 heavy (non-hydrogen) atoms. The molecule has 0 aromatic heterocycles. The van der Waals surface area contributed by atoms with Gasteiger partial charge in [0.05, 0.1) is 6.54 Å². The van der Waals surface area contributed by atoms with Crippen LogP contribution < -0.4 is 10.6 Å². The number of methoxy groups -OCH3 is 1. The SMILES string of the molecule is CCCCCCCCCCCCCC(=O)O[C@H]1CCC(NC(=O)[C@H](OC)[C@H](O)[C@@H](O)[C@H](O)/C=C/C(C)C)C(=O)NC1. The van der Waals surface area contributed by atoms with Crippen LogP contribution in [0.1, 0.15) is 111 Å². The molecule has 1 fully saturated rings. The molecule has 1 heterocycles. The van der Waals surface area contributed by atoms with Crippen molar-refractivity contribution in [3.63, 3.8) is 0 Å². The molecule has 0 saturated carbocycles. The Labute approximate surface area is 246 Å². The minimum atomic E-state index is -1.73. The first kappa shape index (κ1) is 37.0. The lowest BCUT2D eigenvalue weighted by Crippen LogP contribution is -2.55. The molecule has 0 radical (unpaired) electrons. The van der Waals surface area contributed by atoms with Crippen LogP contribution in [0.25, 0.3) is 0 Å². The van der Waals surface area contributed by atoms with E-state index in [1.54, 1.807) is 6.08 Å². The fourth-order valence-electron chi connectivity index (χ4n) is 4.83. The Bertz CT molecular complexity index is 775. The Morgan fingerprint density at radius 2 is 1.51 bits per heavy atom. The normalized spacial score (nSPS) is 20.7. The van der Waals surface area contributed by atoms with Crippen molar-refractivity contribution < 1.29 is 39.2 Å². The van der Waals surface area contributed by atoms with Gasteiger partial charge in [0.1, 0.15) is 30.5 Å². The van der Waals surface area contributed by atoms with Gasteiger partial charge in [0.25, 0.3) is 5.91 Å². The number of carbonyl (C=O) groups is 3. The summed E-state index contributed by atoms with van der Waals surface area (Å²) < 4.78 is 10.7. The summed E-state index contributed by atoms with van der Waals surface area (Å²) in [5.41, 5.74) is 0. The monoisotopic (exact) mass is 584 g/mol. The molecule has 10 heteroatoms. The highest BCUT2D eigenvalue weighted by Gasteiger charge is 2.37. The van der Waals surface area contributed by atoms with Gasteiger partial charge < -0.3 is 35.4 Å². The largest absolute Gasteiger partial charge is 0.460 e. The lowest BCUT2D eigenvalue weighted by Gasteiger charge is -2.28. The molecule has 1 aliphatic rings. The van der Waals surface area contributed by atoms with Gasteiger partial charge in [0, 0.05) is 13.5 Å². The summed E-state index contributed by atoms with van der Waals surface area (Å²) in [6.45, 7) is 6.16. The molecule has 0 aromatic rings. The predicted octanol–water partition coefficient (Wildman–Crippen LogP) is 3.30. The maximum absolute atomic E-state index is 12.8. The molecular weight excluding hydrogens is 528 g/mol. The van der Waals surface area contributed by atoms with Crippen LogP contribution in [-0.2, 0) is 23.9 Å². The van der Waals surface area contributed by atoms with Crippen molar-refractivity contribution in [1.29, 1.82) is 0 Å². The van der Waals surface area contributed by atoms with Crippen molar-refractivity contribution in [1.82, 2.24) is 10.6 Å². The van der Waals surface area contributed by atoms with Gasteiger partial charge in [-0.1, -0.05) is 97.1 Å². The second kappa shape index (κ2) is 21.7. The topological polar surface area (TPSA) is 154 Å². The van der Waals surface area contributed by atoms with Crippen molar-refractivity contribution in [3.8, 4) is 0 Å². The first-order valence-corrected chi connectivity index (χ1v) is 15.6. The highest BCUT2D eigenvalue weighted by Crippen LogP contribution is 2.16. The first-order chi connectivity index (χ1) is 19.6. The summed E-state index contributed by atoms with van der Waals surface area (Å²) in [5, 5.41) is 36.1. The molecule has 238 valence electrons. The van der Waals surface area contributed by atoms with E-state index in [0.29, 0.717) is 12.8 Å². The second-order valence-electron chi connectivity index (χ2n) is 11.5. The average molecular weight is 585 g/mol. The molecular formula is C31H56N2O8. The van der Waals surface area contributed by atoms with E-state index in [1.165, 1.54) is 64.6 Å². The number of hydrogen-bond acceptors (Lipinski definition) is 8. The van der Waals surface area contributed by atoms with E-state index in [0.717, 1.165) is 19.3 Å². The van der Waals surface area contributed by atoms with Gasteiger partial charge in [0.2, 0.25) is 5.91 Å². The fourth-order valence-corrected chi connectivity index (χ4v) is 4.83. The highest BCUT2D eigenvalue weighted by atomic mass is 16.5. The third kappa shape index (κ3) is 15.7. The van der Waals surface area contributed by atoms with Gasteiger partial charge in [-0.3, -0.25) is 14.4 Å². The third-order valence-electron chi connectivity index (χ3n) is 7.41. The summed E-state index contributed by atoms with van der Waals surface area (Å²) in [7, 11) is 1.19. The van der Waals surface area contributed by atoms with Gasteiger partial charge in [-0.2, -0.15) is 0 Å². The van der Waals surface area contributed by atoms with E-state index in [-0.39, 0.29) is 24.9 Å². The Hall–Kier alpha value is -2.01. The molecule has 1 saturated heterocycles. The fraction of sp³-hybridized carbons (Fsp3) is 0.839. The number of carbonyl (C=O) groups excluding carboxylic acids is 3. The summed E-state index contributed by atoms with van der Waals surface area (Å²) in [5.74, 6) is -1.40. The Morgan fingerprint density at radius 3 is 2.07 bits per heavy atom. The number of amides is 2. The zero-order chi connectivity index (χ0) is 30.6. The Morgan fingerprint density at radius 1 is 0.927 bits per heavy atom. The standard InChI is InChI=1S/C31H56N2O8/c1-5-6-7-8-9-10-11-12-13-14-15-16-26(35)41-23-18-19-24(30(38)32-21-23)33-31(39)29(40-4)28(37)27(36)25(34)20-17-22(2)3/h17,20,22-25,27-29,34,36-37H,5-16,18-19,21H2,1-4H3,(H,32,38)(H,33,39)/b20-17+/t23-,24?,25+,27-,28+,29+/m0/s1. The lowest BCUT2D eigenvalue weighted by molar-refractivity contribution is -0.151. The van der Waals surface area contributed by atoms with E-state index in [4.69, 9.17) is 9.47 Å². The van der Waals surface area contributed by atoms with Gasteiger partial charge in [0.15, 0.2) is 6.10 Å². The zero-order valence-electron chi connectivity index (χ0n) is 25.7. The van der Waals surface area contributed by atoms with Crippen LogP contribution in [-0.4, -0.2) is 83.3 Å². The highest BCUT2D eigenvalue weighted by molar-refractivity contribution is 5.89. The molecule has 5 N–H and O–H groups in total. The second-order valence-corrected chi connectivity index (χ2v) is 11.5. The first-order valence-electron chi connectivity index (χ1n) is 15.6. The van der Waals surface area contributed by atoms with Crippen molar-refractivity contribution in [2.24, 2.45) is 5.92 Å². The molecule has 10 nitrogen and oxygen atoms in total. The van der Waals surface area contributed by atoms with Crippen molar-refractivity contribution in [3.05, 3.63) is 12.2 Å². The van der Waals surface area contributed by atoms with Crippen molar-refractivity contribution in [2.75, 3.05) is 13.7 Å². The molecule has 0 aromatic carbocycles. The molecule has 1 aliphatic heterocycles. The van der Waals surface area contributed by atoms with E-state index in [9.17, 15) is 29.7 Å². The number of allylic oxidation sites excluding steroid dienone is 1. The summed E-state index contributed by atoms with van der Waals surface area (Å²) in [6.07, 6.45) is 10.3. The average Bonchev–Trinajstić information content (AvgIpc) is 3.11. The number of rotatable bonds is 21. The Kier molecular flexibility index (Phi) is 19.6.